The van der Waals surface area contributed by atoms with E-state index in [0.29, 0.717) is 0 Å². The van der Waals surface area contributed by atoms with E-state index in [2.05, 4.69) is 10.9 Å². The summed E-state index contributed by atoms with van der Waals surface area (Å²) in [6, 6.07) is 0. The van der Waals surface area contributed by atoms with Crippen LogP contribution in [0.2, 0.25) is 0 Å². The van der Waals surface area contributed by atoms with Crippen LogP contribution in [0.3, 0.4) is 0 Å². The lowest BCUT2D eigenvalue weighted by molar-refractivity contribution is 0.425. The smallest absolute Gasteiger partial charge is 0.0102 e. The van der Waals surface area contributed by atoms with Crippen LogP contribution >= 0.6 is 0 Å². The largest absolute Gasteiger partial charge is 0.258 e. The molecule has 0 radical (unpaired) electrons. The summed E-state index contributed by atoms with van der Waals surface area (Å²) in [6.07, 6.45) is 5.78. The summed E-state index contributed by atoms with van der Waals surface area (Å²) in [6.45, 7) is 2.34. The predicted molar refractivity (Wildman–Crippen MR) is 41.5 cm³/mol. The molecule has 1 saturated carbocycles. The topological polar surface area (TPSA) is 24.1 Å². The molecule has 10 heavy (non-hydrogen) atoms. The third kappa shape index (κ3) is 1.50. The highest BCUT2D eigenvalue weighted by molar-refractivity contribution is 4.82. The third-order valence-electron chi connectivity index (χ3n) is 2.69. The molecule has 2 fully saturated rings. The minimum absolute atomic E-state index is 1.03. The number of hydrazine groups is 1. The van der Waals surface area contributed by atoms with Crippen molar-refractivity contribution in [1.82, 2.24) is 10.9 Å². The lowest BCUT2D eigenvalue weighted by atomic mass is 9.97. The van der Waals surface area contributed by atoms with Crippen molar-refractivity contribution in [3.8, 4) is 0 Å². The predicted octanol–water partition coefficient (Wildman–Crippen LogP) is 0.901. The summed E-state index contributed by atoms with van der Waals surface area (Å²) < 4.78 is 0. The first-order valence-electron chi connectivity index (χ1n) is 4.42. The zero-order chi connectivity index (χ0) is 6.81. The average molecular weight is 140 g/mol. The second-order valence-corrected chi connectivity index (χ2v) is 3.53. The van der Waals surface area contributed by atoms with Crippen molar-refractivity contribution in [3.05, 3.63) is 0 Å². The fraction of sp³-hybridized carbons (Fsp3) is 1.00. The molecule has 1 saturated heterocycles. The molecular weight excluding hydrogens is 124 g/mol. The zero-order valence-corrected chi connectivity index (χ0v) is 6.40. The van der Waals surface area contributed by atoms with E-state index in [1.54, 1.807) is 0 Å². The van der Waals surface area contributed by atoms with Gasteiger partial charge in [-0.25, -0.2) is 0 Å². The van der Waals surface area contributed by atoms with Crippen LogP contribution in [0, 0.1) is 11.8 Å². The number of nitrogens with one attached hydrogen (secondary N) is 2. The van der Waals surface area contributed by atoms with Gasteiger partial charge in [0.25, 0.3) is 0 Å². The summed E-state index contributed by atoms with van der Waals surface area (Å²) in [4.78, 5) is 0. The molecule has 2 nitrogen and oxygen atoms in total. The van der Waals surface area contributed by atoms with E-state index in [1.807, 2.05) is 0 Å². The monoisotopic (exact) mass is 140 g/mol. The summed E-state index contributed by atoms with van der Waals surface area (Å²) in [5.41, 5.74) is 6.42. The molecule has 58 valence electrons. The van der Waals surface area contributed by atoms with E-state index >= 15 is 0 Å². The van der Waals surface area contributed by atoms with Crippen molar-refractivity contribution in [2.45, 2.75) is 25.7 Å². The molecule has 0 amide bonds. The highest BCUT2D eigenvalue weighted by atomic mass is 15.3. The number of hydrogen-bond acceptors (Lipinski definition) is 2. The molecule has 0 aromatic heterocycles. The lowest BCUT2D eigenvalue weighted by Gasteiger charge is -2.09. The fourth-order valence-corrected chi connectivity index (χ4v) is 1.88. The van der Waals surface area contributed by atoms with Crippen molar-refractivity contribution in [2.24, 2.45) is 11.8 Å². The van der Waals surface area contributed by atoms with Gasteiger partial charge in [0, 0.05) is 13.1 Å². The van der Waals surface area contributed by atoms with Gasteiger partial charge >= 0.3 is 0 Å². The van der Waals surface area contributed by atoms with Crippen molar-refractivity contribution >= 4 is 0 Å². The van der Waals surface area contributed by atoms with Crippen molar-refractivity contribution in [2.75, 3.05) is 13.1 Å². The highest BCUT2D eigenvalue weighted by Crippen LogP contribution is 2.40. The molecule has 0 unspecified atom stereocenters. The molecule has 0 aromatic carbocycles. The second-order valence-electron chi connectivity index (χ2n) is 3.53. The Morgan fingerprint density at radius 1 is 0.700 bits per heavy atom. The Labute approximate surface area is 62.4 Å². The van der Waals surface area contributed by atoms with Crippen molar-refractivity contribution < 1.29 is 0 Å². The van der Waals surface area contributed by atoms with Gasteiger partial charge in [0.1, 0.15) is 0 Å². The summed E-state index contributed by atoms with van der Waals surface area (Å²) >= 11 is 0. The third-order valence-corrected chi connectivity index (χ3v) is 2.69. The molecular formula is C8H16N2. The molecule has 0 atom stereocenters. The maximum atomic E-state index is 3.21. The maximum absolute atomic E-state index is 3.21. The first-order chi connectivity index (χ1) is 4.97. The van der Waals surface area contributed by atoms with Gasteiger partial charge in [0.15, 0.2) is 0 Å². The minimum Gasteiger partial charge on any atom is -0.258 e. The van der Waals surface area contributed by atoms with E-state index < -0.39 is 0 Å². The standard InChI is InChI=1S/C8H16N2/c1-2-7(1)8-3-5-9-10-6-4-8/h7-10H,1-6H2. The lowest BCUT2D eigenvalue weighted by Crippen LogP contribution is -2.30. The molecule has 0 aromatic rings. The molecule has 0 bridgehead atoms. The molecule has 1 aliphatic heterocycles. The van der Waals surface area contributed by atoms with Crippen molar-refractivity contribution in [1.29, 1.82) is 0 Å². The van der Waals surface area contributed by atoms with Crippen LogP contribution in [0.15, 0.2) is 0 Å². The zero-order valence-electron chi connectivity index (χ0n) is 6.40. The Bertz CT molecular complexity index is 102. The van der Waals surface area contributed by atoms with Gasteiger partial charge in [0.2, 0.25) is 0 Å². The van der Waals surface area contributed by atoms with Crippen LogP contribution in [0.4, 0.5) is 0 Å². The Kier molecular flexibility index (Phi) is 1.91. The van der Waals surface area contributed by atoms with Crippen LogP contribution in [-0.2, 0) is 0 Å². The van der Waals surface area contributed by atoms with Crippen LogP contribution in [0.25, 0.3) is 0 Å². The Balaban J connectivity index is 1.81. The summed E-state index contributed by atoms with van der Waals surface area (Å²) in [5, 5.41) is 0. The average Bonchev–Trinajstić information content (AvgIpc) is 2.76. The summed E-state index contributed by atoms with van der Waals surface area (Å²) in [5.74, 6) is 2.13. The first kappa shape index (κ1) is 6.62. The minimum atomic E-state index is 1.03. The normalized spacial score (nSPS) is 30.0. The van der Waals surface area contributed by atoms with Crippen LogP contribution in [-0.4, -0.2) is 13.1 Å². The van der Waals surface area contributed by atoms with Gasteiger partial charge in [-0.1, -0.05) is 0 Å². The molecule has 2 aliphatic rings. The van der Waals surface area contributed by atoms with Gasteiger partial charge in [-0.05, 0) is 37.5 Å². The second kappa shape index (κ2) is 2.89. The number of rotatable bonds is 1. The highest BCUT2D eigenvalue weighted by Gasteiger charge is 2.30. The van der Waals surface area contributed by atoms with Gasteiger partial charge in [0.05, 0.1) is 0 Å². The van der Waals surface area contributed by atoms with Gasteiger partial charge < -0.3 is 0 Å². The molecule has 2 N–H and O–H groups in total. The maximum Gasteiger partial charge on any atom is 0.0102 e. The van der Waals surface area contributed by atoms with Crippen LogP contribution in [0.5, 0.6) is 0 Å². The summed E-state index contributed by atoms with van der Waals surface area (Å²) in [7, 11) is 0. The van der Waals surface area contributed by atoms with E-state index in [4.69, 9.17) is 0 Å². The van der Waals surface area contributed by atoms with Crippen LogP contribution in [0.1, 0.15) is 25.7 Å². The first-order valence-corrected chi connectivity index (χ1v) is 4.42. The Hall–Kier alpha value is -0.0800. The Morgan fingerprint density at radius 3 is 1.70 bits per heavy atom. The van der Waals surface area contributed by atoms with Crippen LogP contribution < -0.4 is 10.9 Å². The van der Waals surface area contributed by atoms with Gasteiger partial charge in [-0.2, -0.15) is 0 Å². The van der Waals surface area contributed by atoms with E-state index in [0.717, 1.165) is 11.8 Å². The fourth-order valence-electron chi connectivity index (χ4n) is 1.88. The quantitative estimate of drug-likeness (QED) is 0.565. The van der Waals surface area contributed by atoms with E-state index in [1.165, 1.54) is 38.8 Å². The van der Waals surface area contributed by atoms with E-state index in [9.17, 15) is 0 Å². The van der Waals surface area contributed by atoms with Gasteiger partial charge in [-0.3, -0.25) is 10.9 Å². The SMILES string of the molecule is C1CC(C2CC2)CCNN1. The van der Waals surface area contributed by atoms with Crippen molar-refractivity contribution in [3.63, 3.8) is 0 Å². The van der Waals surface area contributed by atoms with E-state index in [-0.39, 0.29) is 0 Å². The molecule has 1 heterocycles. The molecule has 0 spiro atoms. The number of hydrogen-bond donors (Lipinski definition) is 2. The Morgan fingerprint density at radius 2 is 1.20 bits per heavy atom. The molecule has 1 aliphatic carbocycles. The van der Waals surface area contributed by atoms with Gasteiger partial charge in [-0.15, -0.1) is 0 Å². The molecule has 2 heteroatoms. The molecule has 2 rings (SSSR count).